The molecule has 2 atom stereocenters. The fraction of sp³-hybridized carbons (Fsp3) is 0.385. The van der Waals surface area contributed by atoms with E-state index >= 15 is 0 Å². The average molecular weight is 304 g/mol. The number of nitrogens with two attached hydrogens (primary N) is 1. The molecule has 1 aromatic rings. The second kappa shape index (κ2) is 8.39. The number of carbonyl (C=O) groups is 2. The Morgan fingerprint density at radius 2 is 1.60 bits per heavy atom. The maximum absolute atomic E-state index is 11.1. The minimum Gasteiger partial charge on any atom is -0.508 e. The van der Waals surface area contributed by atoms with Crippen molar-refractivity contribution < 1.29 is 24.9 Å². The molecule has 1 rings (SSSR count). The molecule has 5 N–H and O–H groups in total. The van der Waals surface area contributed by atoms with Gasteiger partial charge in [-0.25, -0.2) is 0 Å². The number of phenolic OH excluding ortho intramolecular Hbond substituents is 1. The van der Waals surface area contributed by atoms with Gasteiger partial charge in [0.1, 0.15) is 11.8 Å². The predicted molar refractivity (Wildman–Crippen MR) is 75.0 cm³/mol. The SMILES string of the molecule is Cl.N[C@@H](CCC(Cc1ccc(O)cc1)C(=O)O)C(=O)O. The molecule has 0 spiro atoms. The number of aromatic hydroxyl groups is 1. The van der Waals surface area contributed by atoms with Gasteiger partial charge in [0.25, 0.3) is 0 Å². The molecule has 0 heterocycles. The maximum atomic E-state index is 11.1. The number of rotatable bonds is 7. The first-order valence-corrected chi connectivity index (χ1v) is 5.89. The lowest BCUT2D eigenvalue weighted by Gasteiger charge is -2.14. The Hall–Kier alpha value is -1.79. The zero-order chi connectivity index (χ0) is 14.4. The van der Waals surface area contributed by atoms with E-state index in [0.29, 0.717) is 0 Å². The van der Waals surface area contributed by atoms with E-state index in [1.165, 1.54) is 12.1 Å². The molecular weight excluding hydrogens is 286 g/mol. The summed E-state index contributed by atoms with van der Waals surface area (Å²) in [6.45, 7) is 0. The second-order valence-corrected chi connectivity index (χ2v) is 4.43. The molecule has 0 radical (unpaired) electrons. The molecule has 0 amide bonds. The summed E-state index contributed by atoms with van der Waals surface area (Å²) in [5.41, 5.74) is 6.12. The third-order valence-corrected chi connectivity index (χ3v) is 2.91. The van der Waals surface area contributed by atoms with Crippen LogP contribution in [-0.4, -0.2) is 33.3 Å². The second-order valence-electron chi connectivity index (χ2n) is 4.43. The van der Waals surface area contributed by atoms with Gasteiger partial charge in [-0.3, -0.25) is 9.59 Å². The summed E-state index contributed by atoms with van der Waals surface area (Å²) in [5.74, 6) is -2.68. The Kier molecular flexibility index (Phi) is 7.64. The van der Waals surface area contributed by atoms with Gasteiger partial charge in [0.15, 0.2) is 0 Å². The number of carboxylic acid groups (broad SMARTS) is 2. The van der Waals surface area contributed by atoms with Gasteiger partial charge >= 0.3 is 11.9 Å². The van der Waals surface area contributed by atoms with E-state index in [4.69, 9.17) is 21.1 Å². The first-order chi connectivity index (χ1) is 8.90. The molecule has 0 bridgehead atoms. The number of hydrogen-bond donors (Lipinski definition) is 4. The Morgan fingerprint density at radius 3 is 2.05 bits per heavy atom. The fourth-order valence-corrected chi connectivity index (χ4v) is 1.73. The summed E-state index contributed by atoms with van der Waals surface area (Å²) in [7, 11) is 0. The lowest BCUT2D eigenvalue weighted by molar-refractivity contribution is -0.143. The van der Waals surface area contributed by atoms with Crippen LogP contribution in [0, 0.1) is 5.92 Å². The molecule has 0 saturated heterocycles. The van der Waals surface area contributed by atoms with E-state index < -0.39 is 23.9 Å². The van der Waals surface area contributed by atoms with Crippen molar-refractivity contribution >= 4 is 24.3 Å². The van der Waals surface area contributed by atoms with Crippen molar-refractivity contribution in [3.63, 3.8) is 0 Å². The highest BCUT2D eigenvalue weighted by Crippen LogP contribution is 2.18. The molecule has 0 fully saturated rings. The number of carboxylic acids is 2. The Morgan fingerprint density at radius 1 is 1.05 bits per heavy atom. The van der Waals surface area contributed by atoms with Crippen LogP contribution in [0.2, 0.25) is 0 Å². The van der Waals surface area contributed by atoms with E-state index in [-0.39, 0.29) is 37.4 Å². The van der Waals surface area contributed by atoms with Crippen LogP contribution in [-0.2, 0) is 16.0 Å². The van der Waals surface area contributed by atoms with Crippen LogP contribution in [0.1, 0.15) is 18.4 Å². The zero-order valence-electron chi connectivity index (χ0n) is 10.7. The van der Waals surface area contributed by atoms with Gasteiger partial charge in [0.05, 0.1) is 5.92 Å². The normalized spacial score (nSPS) is 13.1. The van der Waals surface area contributed by atoms with Gasteiger partial charge in [0, 0.05) is 0 Å². The lowest BCUT2D eigenvalue weighted by atomic mass is 9.93. The van der Waals surface area contributed by atoms with Crippen molar-refractivity contribution in [3.05, 3.63) is 29.8 Å². The molecule has 6 nitrogen and oxygen atoms in total. The molecule has 7 heteroatoms. The van der Waals surface area contributed by atoms with Crippen molar-refractivity contribution in [1.82, 2.24) is 0 Å². The summed E-state index contributed by atoms with van der Waals surface area (Å²) >= 11 is 0. The third kappa shape index (κ3) is 5.90. The lowest BCUT2D eigenvalue weighted by Crippen LogP contribution is -2.31. The molecule has 0 aliphatic heterocycles. The van der Waals surface area contributed by atoms with E-state index in [1.54, 1.807) is 12.1 Å². The van der Waals surface area contributed by atoms with Crippen LogP contribution in [0.3, 0.4) is 0 Å². The van der Waals surface area contributed by atoms with Crippen molar-refractivity contribution in [3.8, 4) is 5.75 Å². The highest BCUT2D eigenvalue weighted by Gasteiger charge is 2.21. The first kappa shape index (κ1) is 18.2. The van der Waals surface area contributed by atoms with Crippen molar-refractivity contribution in [1.29, 1.82) is 0 Å². The molecule has 0 aliphatic carbocycles. The molecule has 1 unspecified atom stereocenters. The topological polar surface area (TPSA) is 121 Å². The number of aliphatic carboxylic acids is 2. The van der Waals surface area contributed by atoms with Crippen LogP contribution >= 0.6 is 12.4 Å². The highest BCUT2D eigenvalue weighted by atomic mass is 35.5. The molecule has 112 valence electrons. The van der Waals surface area contributed by atoms with Crippen LogP contribution < -0.4 is 5.73 Å². The largest absolute Gasteiger partial charge is 0.508 e. The van der Waals surface area contributed by atoms with Gasteiger partial charge in [-0.15, -0.1) is 12.4 Å². The standard InChI is InChI=1S/C13H17NO5.ClH/c14-11(13(18)19)6-3-9(12(16)17)7-8-1-4-10(15)5-2-8;/h1-2,4-5,9,11,15H,3,6-7,14H2,(H,16,17)(H,18,19);1H/t9?,11-;/m0./s1. The summed E-state index contributed by atoms with van der Waals surface area (Å²) in [5, 5.41) is 26.9. The minimum absolute atomic E-state index is 0. The molecule has 0 aliphatic rings. The summed E-state index contributed by atoms with van der Waals surface area (Å²) < 4.78 is 0. The summed E-state index contributed by atoms with van der Waals surface area (Å²) in [6.07, 6.45) is 0.593. The quantitative estimate of drug-likeness (QED) is 0.601. The minimum atomic E-state index is -1.13. The van der Waals surface area contributed by atoms with Gasteiger partial charge in [-0.2, -0.15) is 0 Å². The number of phenols is 1. The van der Waals surface area contributed by atoms with E-state index in [9.17, 15) is 9.59 Å². The number of halogens is 1. The smallest absolute Gasteiger partial charge is 0.320 e. The van der Waals surface area contributed by atoms with Crippen LogP contribution in [0.25, 0.3) is 0 Å². The molecule has 20 heavy (non-hydrogen) atoms. The molecule has 0 saturated carbocycles. The van der Waals surface area contributed by atoms with Crippen LogP contribution in [0.15, 0.2) is 24.3 Å². The average Bonchev–Trinajstić information content (AvgIpc) is 2.35. The third-order valence-electron chi connectivity index (χ3n) is 2.91. The Balaban J connectivity index is 0.00000361. The molecule has 1 aromatic carbocycles. The van der Waals surface area contributed by atoms with Gasteiger partial charge in [-0.05, 0) is 37.0 Å². The van der Waals surface area contributed by atoms with Crippen molar-refractivity contribution in [2.24, 2.45) is 11.7 Å². The summed E-state index contributed by atoms with van der Waals surface area (Å²) in [6, 6.07) is 5.21. The monoisotopic (exact) mass is 303 g/mol. The highest BCUT2D eigenvalue weighted by molar-refractivity contribution is 5.85. The van der Waals surface area contributed by atoms with Crippen LogP contribution in [0.4, 0.5) is 0 Å². The van der Waals surface area contributed by atoms with E-state index in [0.717, 1.165) is 5.56 Å². The fourth-order valence-electron chi connectivity index (χ4n) is 1.73. The summed E-state index contributed by atoms with van der Waals surface area (Å²) in [4.78, 5) is 21.7. The Labute approximate surface area is 122 Å². The molecule has 0 aromatic heterocycles. The predicted octanol–water partition coefficient (Wildman–Crippen LogP) is 1.25. The van der Waals surface area contributed by atoms with Gasteiger partial charge in [-0.1, -0.05) is 12.1 Å². The first-order valence-electron chi connectivity index (χ1n) is 5.89. The maximum Gasteiger partial charge on any atom is 0.320 e. The van der Waals surface area contributed by atoms with E-state index in [2.05, 4.69) is 0 Å². The van der Waals surface area contributed by atoms with E-state index in [1.807, 2.05) is 0 Å². The Bertz CT molecular complexity index is 449. The number of hydrogen-bond acceptors (Lipinski definition) is 4. The van der Waals surface area contributed by atoms with Gasteiger partial charge < -0.3 is 21.1 Å². The number of benzene rings is 1. The zero-order valence-corrected chi connectivity index (χ0v) is 11.5. The van der Waals surface area contributed by atoms with Gasteiger partial charge in [0.2, 0.25) is 0 Å². The van der Waals surface area contributed by atoms with Crippen LogP contribution in [0.5, 0.6) is 5.75 Å². The van der Waals surface area contributed by atoms with Crippen molar-refractivity contribution in [2.75, 3.05) is 0 Å². The molecular formula is C13H18ClNO5. The van der Waals surface area contributed by atoms with Crippen molar-refractivity contribution in [2.45, 2.75) is 25.3 Å².